The van der Waals surface area contributed by atoms with Gasteiger partial charge >= 0.3 is 0 Å². The first-order valence-electron chi connectivity index (χ1n) is 6.05. The summed E-state index contributed by atoms with van der Waals surface area (Å²) in [4.78, 5) is 25.1. The lowest BCUT2D eigenvalue weighted by molar-refractivity contribution is -0.120. The van der Waals surface area contributed by atoms with Crippen LogP contribution in [0.3, 0.4) is 0 Å². The highest BCUT2D eigenvalue weighted by atomic mass is 16.5. The van der Waals surface area contributed by atoms with Gasteiger partial charge in [-0.1, -0.05) is 0 Å². The van der Waals surface area contributed by atoms with E-state index in [0.717, 1.165) is 0 Å². The zero-order valence-corrected chi connectivity index (χ0v) is 10.7. The number of aromatic hydroxyl groups is 1. The number of phenols is 1. The van der Waals surface area contributed by atoms with E-state index in [0.29, 0.717) is 25.4 Å². The lowest BCUT2D eigenvalue weighted by atomic mass is 10.1. The molecule has 0 atom stereocenters. The van der Waals surface area contributed by atoms with Crippen molar-refractivity contribution < 1.29 is 19.4 Å². The molecular formula is C13H16N2O4. The topological polar surface area (TPSA) is 78.9 Å². The van der Waals surface area contributed by atoms with Crippen molar-refractivity contribution in [2.24, 2.45) is 0 Å². The predicted molar refractivity (Wildman–Crippen MR) is 68.2 cm³/mol. The van der Waals surface area contributed by atoms with E-state index in [2.05, 4.69) is 5.32 Å². The van der Waals surface area contributed by atoms with Gasteiger partial charge in [0.2, 0.25) is 5.91 Å². The quantitative estimate of drug-likeness (QED) is 0.808. The fourth-order valence-corrected chi connectivity index (χ4v) is 1.95. The zero-order valence-electron chi connectivity index (χ0n) is 10.7. The summed E-state index contributed by atoms with van der Waals surface area (Å²) in [7, 11) is 1.50. The van der Waals surface area contributed by atoms with Crippen molar-refractivity contribution in [2.45, 2.75) is 6.42 Å². The monoisotopic (exact) mass is 264 g/mol. The number of ether oxygens (including phenoxy) is 1. The molecule has 19 heavy (non-hydrogen) atoms. The Hall–Kier alpha value is -2.24. The fraction of sp³-hybridized carbons (Fsp3) is 0.385. The van der Waals surface area contributed by atoms with Gasteiger partial charge in [0.25, 0.3) is 5.91 Å². The average Bonchev–Trinajstić information content (AvgIpc) is 2.63. The van der Waals surface area contributed by atoms with Crippen molar-refractivity contribution in [3.8, 4) is 11.5 Å². The van der Waals surface area contributed by atoms with Gasteiger partial charge in [0.15, 0.2) is 0 Å². The minimum atomic E-state index is -0.298. The molecule has 0 radical (unpaired) electrons. The molecular weight excluding hydrogens is 248 g/mol. The molecule has 1 aromatic rings. The number of benzene rings is 1. The summed E-state index contributed by atoms with van der Waals surface area (Å²) < 4.78 is 5.04. The van der Waals surface area contributed by atoms with Crippen LogP contribution in [0.2, 0.25) is 0 Å². The van der Waals surface area contributed by atoms with Crippen LogP contribution in [0.4, 0.5) is 0 Å². The molecule has 1 fully saturated rings. The van der Waals surface area contributed by atoms with Gasteiger partial charge in [-0.15, -0.1) is 0 Å². The fourth-order valence-electron chi connectivity index (χ4n) is 1.95. The molecule has 1 heterocycles. The minimum absolute atomic E-state index is 0.0647. The smallest absolute Gasteiger partial charge is 0.257 e. The Morgan fingerprint density at radius 2 is 2.21 bits per heavy atom. The highest BCUT2D eigenvalue weighted by molar-refractivity contribution is 5.97. The Kier molecular flexibility index (Phi) is 3.89. The Labute approximate surface area is 111 Å². The molecule has 2 N–H and O–H groups in total. The predicted octanol–water partition coefficient (Wildman–Crippen LogP) is 0.363. The Bertz CT molecular complexity index is 501. The van der Waals surface area contributed by atoms with Crippen molar-refractivity contribution in [1.29, 1.82) is 0 Å². The summed E-state index contributed by atoms with van der Waals surface area (Å²) in [6.45, 7) is 1.21. The first kappa shape index (κ1) is 13.2. The summed E-state index contributed by atoms with van der Waals surface area (Å²) in [5.41, 5.74) is 0.189. The first-order valence-corrected chi connectivity index (χ1v) is 6.05. The van der Waals surface area contributed by atoms with Gasteiger partial charge in [-0.2, -0.15) is 0 Å². The Morgan fingerprint density at radius 3 is 2.95 bits per heavy atom. The standard InChI is InChI=1S/C13H16N2O4/c1-19-9-2-3-11(16)10(8-9)13(18)15-6-4-12(17)14-5-7-15/h2-3,8,16H,4-7H2,1H3,(H,14,17). The third-order valence-electron chi connectivity index (χ3n) is 3.03. The summed E-state index contributed by atoms with van der Waals surface area (Å²) in [5, 5.41) is 12.5. The van der Waals surface area contributed by atoms with E-state index in [-0.39, 0.29) is 29.5 Å². The largest absolute Gasteiger partial charge is 0.507 e. The van der Waals surface area contributed by atoms with Crippen LogP contribution >= 0.6 is 0 Å². The number of rotatable bonds is 2. The number of amides is 2. The summed E-state index contributed by atoms with van der Waals surface area (Å²) in [6.07, 6.45) is 0.274. The lowest BCUT2D eigenvalue weighted by Crippen LogP contribution is -2.34. The molecule has 0 aromatic heterocycles. The molecule has 0 bridgehead atoms. The van der Waals surface area contributed by atoms with Gasteiger partial charge in [0.1, 0.15) is 11.5 Å². The maximum Gasteiger partial charge on any atom is 0.257 e. The van der Waals surface area contributed by atoms with Crippen molar-refractivity contribution >= 4 is 11.8 Å². The molecule has 1 saturated heterocycles. The first-order chi connectivity index (χ1) is 9.11. The number of phenolic OH excluding ortho intramolecular Hbond substituents is 1. The van der Waals surface area contributed by atoms with E-state index in [1.165, 1.54) is 19.2 Å². The van der Waals surface area contributed by atoms with E-state index >= 15 is 0 Å². The number of nitrogens with one attached hydrogen (secondary N) is 1. The second-order valence-corrected chi connectivity index (χ2v) is 4.28. The number of hydrogen-bond donors (Lipinski definition) is 2. The molecule has 2 rings (SSSR count). The second kappa shape index (κ2) is 5.60. The normalized spacial score (nSPS) is 15.6. The molecule has 1 aliphatic heterocycles. The number of nitrogens with zero attached hydrogens (tertiary/aromatic N) is 1. The molecule has 1 aliphatic rings. The molecule has 0 spiro atoms. The van der Waals surface area contributed by atoms with Crippen molar-refractivity contribution in [2.75, 3.05) is 26.7 Å². The maximum absolute atomic E-state index is 12.3. The number of methoxy groups -OCH3 is 1. The SMILES string of the molecule is COc1ccc(O)c(C(=O)N2CCNC(=O)CC2)c1. The van der Waals surface area contributed by atoms with Gasteiger partial charge in [-0.25, -0.2) is 0 Å². The van der Waals surface area contributed by atoms with Crippen LogP contribution in [0.5, 0.6) is 11.5 Å². The van der Waals surface area contributed by atoms with Gasteiger partial charge < -0.3 is 20.1 Å². The average molecular weight is 264 g/mol. The van der Waals surface area contributed by atoms with E-state index < -0.39 is 0 Å². The molecule has 1 aromatic carbocycles. The molecule has 0 aliphatic carbocycles. The van der Waals surface area contributed by atoms with Crippen LogP contribution < -0.4 is 10.1 Å². The third kappa shape index (κ3) is 2.96. The summed E-state index contributed by atoms with van der Waals surface area (Å²) >= 11 is 0. The summed E-state index contributed by atoms with van der Waals surface area (Å²) in [5.74, 6) is 0.0533. The van der Waals surface area contributed by atoms with Crippen LogP contribution in [-0.4, -0.2) is 48.6 Å². The van der Waals surface area contributed by atoms with Gasteiger partial charge in [-0.05, 0) is 18.2 Å². The Morgan fingerprint density at radius 1 is 1.42 bits per heavy atom. The number of hydrogen-bond acceptors (Lipinski definition) is 4. The van der Waals surface area contributed by atoms with Crippen molar-refractivity contribution in [1.82, 2.24) is 10.2 Å². The molecule has 6 heteroatoms. The van der Waals surface area contributed by atoms with Crippen LogP contribution in [0, 0.1) is 0 Å². The highest BCUT2D eigenvalue weighted by Gasteiger charge is 2.22. The van der Waals surface area contributed by atoms with Crippen LogP contribution in [0.15, 0.2) is 18.2 Å². The lowest BCUT2D eigenvalue weighted by Gasteiger charge is -2.20. The molecule has 0 saturated carbocycles. The van der Waals surface area contributed by atoms with Gasteiger partial charge in [-0.3, -0.25) is 9.59 Å². The highest BCUT2D eigenvalue weighted by Crippen LogP contribution is 2.24. The Balaban J connectivity index is 2.20. The maximum atomic E-state index is 12.3. The van der Waals surface area contributed by atoms with E-state index in [1.54, 1.807) is 11.0 Å². The summed E-state index contributed by atoms with van der Waals surface area (Å²) in [6, 6.07) is 4.50. The van der Waals surface area contributed by atoms with Crippen LogP contribution in [0.25, 0.3) is 0 Å². The van der Waals surface area contributed by atoms with Crippen LogP contribution in [-0.2, 0) is 4.79 Å². The van der Waals surface area contributed by atoms with Gasteiger partial charge in [0, 0.05) is 26.1 Å². The number of carbonyl (C=O) groups excluding carboxylic acids is 2. The van der Waals surface area contributed by atoms with Crippen molar-refractivity contribution in [3.05, 3.63) is 23.8 Å². The number of carbonyl (C=O) groups is 2. The van der Waals surface area contributed by atoms with E-state index in [1.807, 2.05) is 0 Å². The van der Waals surface area contributed by atoms with E-state index in [9.17, 15) is 14.7 Å². The van der Waals surface area contributed by atoms with Gasteiger partial charge in [0.05, 0.1) is 12.7 Å². The molecule has 2 amide bonds. The zero-order chi connectivity index (χ0) is 13.8. The molecule has 6 nitrogen and oxygen atoms in total. The van der Waals surface area contributed by atoms with Crippen LogP contribution in [0.1, 0.15) is 16.8 Å². The van der Waals surface area contributed by atoms with Crippen molar-refractivity contribution in [3.63, 3.8) is 0 Å². The third-order valence-corrected chi connectivity index (χ3v) is 3.03. The minimum Gasteiger partial charge on any atom is -0.507 e. The van der Waals surface area contributed by atoms with E-state index in [4.69, 9.17) is 4.74 Å². The second-order valence-electron chi connectivity index (χ2n) is 4.28. The molecule has 0 unspecified atom stereocenters. The molecule has 102 valence electrons.